The molecule has 0 spiro atoms. The summed E-state index contributed by atoms with van der Waals surface area (Å²) >= 11 is 0. The van der Waals surface area contributed by atoms with Gasteiger partial charge >= 0.3 is 0 Å². The molecule has 0 radical (unpaired) electrons. The minimum atomic E-state index is 0.763. The van der Waals surface area contributed by atoms with Crippen LogP contribution in [0.2, 0.25) is 0 Å². The second kappa shape index (κ2) is 9.67. The van der Waals surface area contributed by atoms with E-state index in [1.807, 2.05) is 0 Å². The van der Waals surface area contributed by atoms with Gasteiger partial charge in [-0.15, -0.1) is 0 Å². The second-order valence-corrected chi connectivity index (χ2v) is 5.16. The third kappa shape index (κ3) is 7.56. The molecule has 2 heteroatoms. The van der Waals surface area contributed by atoms with Crippen LogP contribution in [0.5, 0.6) is 0 Å². The molecule has 0 N–H and O–H groups in total. The van der Waals surface area contributed by atoms with Gasteiger partial charge in [-0.05, 0) is 32.2 Å². The van der Waals surface area contributed by atoms with Gasteiger partial charge < -0.3 is 4.74 Å². The molecule has 0 saturated carbocycles. The maximum atomic E-state index is 5.35. The zero-order valence-electron chi connectivity index (χ0n) is 11.7. The van der Waals surface area contributed by atoms with E-state index in [-0.39, 0.29) is 0 Å². The monoisotopic (exact) mass is 239 g/mol. The summed E-state index contributed by atoms with van der Waals surface area (Å²) in [5.41, 5.74) is 0. The predicted molar refractivity (Wildman–Crippen MR) is 74.3 cm³/mol. The lowest BCUT2D eigenvalue weighted by Gasteiger charge is -2.26. The maximum absolute atomic E-state index is 5.35. The summed E-state index contributed by atoms with van der Waals surface area (Å²) in [6, 6.07) is 0. The van der Waals surface area contributed by atoms with Gasteiger partial charge in [0.25, 0.3) is 0 Å². The van der Waals surface area contributed by atoms with Gasteiger partial charge in [0.15, 0.2) is 0 Å². The highest BCUT2D eigenvalue weighted by molar-refractivity contribution is 4.82. The highest BCUT2D eigenvalue weighted by atomic mass is 16.5. The van der Waals surface area contributed by atoms with Crippen LogP contribution in [0.25, 0.3) is 0 Å². The van der Waals surface area contributed by atoms with Crippen LogP contribution in [0.1, 0.15) is 46.0 Å². The van der Waals surface area contributed by atoms with Gasteiger partial charge in [-0.1, -0.05) is 38.3 Å². The summed E-state index contributed by atoms with van der Waals surface area (Å²) in [6.07, 6.45) is 11.4. The molecule has 1 rings (SSSR count). The normalized spacial score (nSPS) is 19.9. The largest absolute Gasteiger partial charge is 0.379 e. The Hall–Kier alpha value is -0.340. The number of ether oxygens (including phenoxy) is 1. The van der Waals surface area contributed by atoms with Crippen LogP contribution in [-0.4, -0.2) is 37.7 Å². The zero-order chi connectivity index (χ0) is 12.3. The summed E-state index contributed by atoms with van der Waals surface area (Å²) in [7, 11) is 0. The van der Waals surface area contributed by atoms with Crippen LogP contribution in [0.4, 0.5) is 0 Å². The number of rotatable bonds is 8. The molecule has 0 amide bonds. The van der Waals surface area contributed by atoms with E-state index < -0.39 is 0 Å². The van der Waals surface area contributed by atoms with Crippen molar-refractivity contribution in [1.82, 2.24) is 4.90 Å². The number of hydrogen-bond donors (Lipinski definition) is 0. The molecule has 1 fully saturated rings. The van der Waals surface area contributed by atoms with Crippen molar-refractivity contribution in [1.29, 1.82) is 0 Å². The van der Waals surface area contributed by atoms with Gasteiger partial charge in [-0.25, -0.2) is 0 Å². The fourth-order valence-corrected chi connectivity index (χ4v) is 2.40. The van der Waals surface area contributed by atoms with E-state index in [0.717, 1.165) is 32.2 Å². The van der Waals surface area contributed by atoms with Gasteiger partial charge in [0, 0.05) is 13.1 Å². The Morgan fingerprint density at radius 3 is 2.53 bits per heavy atom. The summed E-state index contributed by atoms with van der Waals surface area (Å²) in [5, 5.41) is 0. The summed E-state index contributed by atoms with van der Waals surface area (Å²) in [6.45, 7) is 9.83. The van der Waals surface area contributed by atoms with E-state index in [1.165, 1.54) is 38.6 Å². The Balaban J connectivity index is 1.87. The molecule has 0 aromatic rings. The molecule has 0 aromatic heterocycles. The SMILES string of the molecule is C/C=C/C(C)CCCCCCN1CCOCC1. The van der Waals surface area contributed by atoms with E-state index >= 15 is 0 Å². The topological polar surface area (TPSA) is 12.5 Å². The van der Waals surface area contributed by atoms with Crippen LogP contribution < -0.4 is 0 Å². The zero-order valence-corrected chi connectivity index (χ0v) is 11.7. The first kappa shape index (κ1) is 14.7. The highest BCUT2D eigenvalue weighted by Gasteiger charge is 2.08. The highest BCUT2D eigenvalue weighted by Crippen LogP contribution is 2.12. The predicted octanol–water partition coefficient (Wildman–Crippen LogP) is 3.48. The Morgan fingerprint density at radius 2 is 1.82 bits per heavy atom. The van der Waals surface area contributed by atoms with Crippen LogP contribution >= 0.6 is 0 Å². The molecule has 1 heterocycles. The lowest BCUT2D eigenvalue weighted by Crippen LogP contribution is -2.36. The Morgan fingerprint density at radius 1 is 1.12 bits per heavy atom. The second-order valence-electron chi connectivity index (χ2n) is 5.16. The van der Waals surface area contributed by atoms with Crippen LogP contribution in [0, 0.1) is 5.92 Å². The van der Waals surface area contributed by atoms with Gasteiger partial charge in [-0.3, -0.25) is 4.90 Å². The van der Waals surface area contributed by atoms with E-state index in [9.17, 15) is 0 Å². The van der Waals surface area contributed by atoms with Crippen LogP contribution in [0.15, 0.2) is 12.2 Å². The third-order valence-electron chi connectivity index (χ3n) is 3.51. The average molecular weight is 239 g/mol. The fourth-order valence-electron chi connectivity index (χ4n) is 2.40. The van der Waals surface area contributed by atoms with Gasteiger partial charge in [0.1, 0.15) is 0 Å². The molecule has 1 saturated heterocycles. The van der Waals surface area contributed by atoms with Crippen molar-refractivity contribution in [2.45, 2.75) is 46.0 Å². The summed E-state index contributed by atoms with van der Waals surface area (Å²) < 4.78 is 5.35. The Labute approximate surface area is 107 Å². The molecule has 1 atom stereocenters. The lowest BCUT2D eigenvalue weighted by atomic mass is 10.0. The van der Waals surface area contributed by atoms with Crippen molar-refractivity contribution < 1.29 is 4.74 Å². The molecule has 1 unspecified atom stereocenters. The van der Waals surface area contributed by atoms with Gasteiger partial charge in [0.2, 0.25) is 0 Å². The summed E-state index contributed by atoms with van der Waals surface area (Å²) in [5.74, 6) is 0.763. The Bertz CT molecular complexity index is 197. The summed E-state index contributed by atoms with van der Waals surface area (Å²) in [4.78, 5) is 2.53. The van der Waals surface area contributed by atoms with Crippen molar-refractivity contribution in [3.63, 3.8) is 0 Å². The minimum Gasteiger partial charge on any atom is -0.379 e. The molecular weight excluding hydrogens is 210 g/mol. The van der Waals surface area contributed by atoms with E-state index in [0.29, 0.717) is 0 Å². The van der Waals surface area contributed by atoms with E-state index in [2.05, 4.69) is 30.9 Å². The van der Waals surface area contributed by atoms with E-state index in [1.54, 1.807) is 0 Å². The molecular formula is C15H29NO. The van der Waals surface area contributed by atoms with Gasteiger partial charge in [0.05, 0.1) is 13.2 Å². The molecule has 1 aliphatic rings. The first-order chi connectivity index (χ1) is 8.33. The number of allylic oxidation sites excluding steroid dienone is 2. The molecule has 100 valence electrons. The first-order valence-corrected chi connectivity index (χ1v) is 7.26. The number of nitrogens with zero attached hydrogens (tertiary/aromatic N) is 1. The Kier molecular flexibility index (Phi) is 8.37. The molecule has 2 nitrogen and oxygen atoms in total. The smallest absolute Gasteiger partial charge is 0.0594 e. The number of hydrogen-bond acceptors (Lipinski definition) is 2. The maximum Gasteiger partial charge on any atom is 0.0594 e. The first-order valence-electron chi connectivity index (χ1n) is 7.26. The number of unbranched alkanes of at least 4 members (excludes halogenated alkanes) is 3. The van der Waals surface area contributed by atoms with Crippen LogP contribution in [-0.2, 0) is 4.74 Å². The molecule has 1 aliphatic heterocycles. The fraction of sp³-hybridized carbons (Fsp3) is 0.867. The molecule has 17 heavy (non-hydrogen) atoms. The van der Waals surface area contributed by atoms with Crippen molar-refractivity contribution in [3.8, 4) is 0 Å². The van der Waals surface area contributed by atoms with Crippen molar-refractivity contribution in [2.75, 3.05) is 32.8 Å². The van der Waals surface area contributed by atoms with Crippen molar-refractivity contribution >= 4 is 0 Å². The lowest BCUT2D eigenvalue weighted by molar-refractivity contribution is 0.0371. The number of morpholine rings is 1. The molecule has 0 aliphatic carbocycles. The van der Waals surface area contributed by atoms with Gasteiger partial charge in [-0.2, -0.15) is 0 Å². The van der Waals surface area contributed by atoms with Crippen molar-refractivity contribution in [2.24, 2.45) is 5.92 Å². The van der Waals surface area contributed by atoms with E-state index in [4.69, 9.17) is 4.74 Å². The molecule has 0 bridgehead atoms. The van der Waals surface area contributed by atoms with Crippen LogP contribution in [0.3, 0.4) is 0 Å². The van der Waals surface area contributed by atoms with Crippen molar-refractivity contribution in [3.05, 3.63) is 12.2 Å². The third-order valence-corrected chi connectivity index (χ3v) is 3.51. The quantitative estimate of drug-likeness (QED) is 0.475. The minimum absolute atomic E-state index is 0.763. The molecule has 0 aromatic carbocycles. The standard InChI is InChI=1S/C15H29NO/c1-3-8-15(2)9-6-4-5-7-10-16-11-13-17-14-12-16/h3,8,15H,4-7,9-14H2,1-2H3/b8-3+. The average Bonchev–Trinajstić information content (AvgIpc) is 2.35.